The van der Waals surface area contributed by atoms with Crippen molar-refractivity contribution < 1.29 is 0 Å². The first-order valence-electron chi connectivity index (χ1n) is 7.84. The molecule has 1 fully saturated rings. The highest BCUT2D eigenvalue weighted by Crippen LogP contribution is 2.51. The summed E-state index contributed by atoms with van der Waals surface area (Å²) in [5, 5.41) is 0. The van der Waals surface area contributed by atoms with E-state index in [0.717, 1.165) is 6.54 Å². The van der Waals surface area contributed by atoms with Gasteiger partial charge < -0.3 is 9.80 Å². The average molecular weight is 278 g/mol. The van der Waals surface area contributed by atoms with E-state index in [0.29, 0.717) is 6.17 Å². The third kappa shape index (κ3) is 1.59. The van der Waals surface area contributed by atoms with E-state index in [-0.39, 0.29) is 5.54 Å². The lowest BCUT2D eigenvalue weighted by atomic mass is 9.78. The van der Waals surface area contributed by atoms with Gasteiger partial charge in [-0.3, -0.25) is 0 Å². The van der Waals surface area contributed by atoms with Gasteiger partial charge in [0.2, 0.25) is 0 Å². The van der Waals surface area contributed by atoms with Crippen molar-refractivity contribution in [3.8, 4) is 0 Å². The zero-order valence-electron chi connectivity index (χ0n) is 13.0. The van der Waals surface area contributed by atoms with Crippen molar-refractivity contribution in [1.82, 2.24) is 0 Å². The van der Waals surface area contributed by atoms with Gasteiger partial charge in [0.25, 0.3) is 0 Å². The van der Waals surface area contributed by atoms with Crippen LogP contribution in [0.15, 0.2) is 48.5 Å². The summed E-state index contributed by atoms with van der Waals surface area (Å²) in [4.78, 5) is 5.17. The Morgan fingerprint density at radius 1 is 1.00 bits per heavy atom. The number of anilines is 2. The van der Waals surface area contributed by atoms with Crippen LogP contribution in [0, 0.1) is 6.92 Å². The van der Waals surface area contributed by atoms with Gasteiger partial charge in [-0.25, -0.2) is 0 Å². The van der Waals surface area contributed by atoms with Crippen LogP contribution in [0.1, 0.15) is 31.4 Å². The fourth-order valence-corrected chi connectivity index (χ4v) is 4.26. The SMILES string of the molecule is Cc1ccccc1N1C(C)N2CCC1(C)c1ccccc12. The smallest absolute Gasteiger partial charge is 0.0995 e. The van der Waals surface area contributed by atoms with E-state index < -0.39 is 0 Å². The van der Waals surface area contributed by atoms with Gasteiger partial charge in [-0.1, -0.05) is 36.4 Å². The molecule has 0 spiro atoms. The van der Waals surface area contributed by atoms with Gasteiger partial charge in [0.15, 0.2) is 0 Å². The lowest BCUT2D eigenvalue weighted by molar-refractivity contribution is 0.294. The molecule has 2 aromatic rings. The molecule has 108 valence electrons. The van der Waals surface area contributed by atoms with Crippen LogP contribution >= 0.6 is 0 Å². The first-order valence-corrected chi connectivity index (χ1v) is 7.84. The summed E-state index contributed by atoms with van der Waals surface area (Å²) in [6.07, 6.45) is 1.59. The van der Waals surface area contributed by atoms with E-state index in [2.05, 4.69) is 79.1 Å². The molecule has 21 heavy (non-hydrogen) atoms. The molecule has 0 N–H and O–H groups in total. The molecular formula is C19H22N2. The van der Waals surface area contributed by atoms with Gasteiger partial charge in [-0.2, -0.15) is 0 Å². The third-order valence-electron chi connectivity index (χ3n) is 5.36. The molecular weight excluding hydrogens is 256 g/mol. The van der Waals surface area contributed by atoms with Crippen LogP contribution in [-0.2, 0) is 5.54 Å². The van der Waals surface area contributed by atoms with E-state index in [1.807, 2.05) is 0 Å². The molecule has 3 aliphatic heterocycles. The molecule has 2 heteroatoms. The van der Waals surface area contributed by atoms with Crippen LogP contribution < -0.4 is 9.80 Å². The highest BCUT2D eigenvalue weighted by Gasteiger charge is 2.49. The van der Waals surface area contributed by atoms with E-state index in [1.165, 1.54) is 28.9 Å². The number of rotatable bonds is 1. The number of fused-ring (bicyclic) bond motifs is 2. The van der Waals surface area contributed by atoms with Gasteiger partial charge in [0.05, 0.1) is 11.7 Å². The molecule has 3 aliphatic rings. The molecule has 0 aromatic heterocycles. The summed E-state index contributed by atoms with van der Waals surface area (Å²) in [6.45, 7) is 8.11. The summed E-state index contributed by atoms with van der Waals surface area (Å²) in [6, 6.07) is 17.7. The molecule has 3 heterocycles. The van der Waals surface area contributed by atoms with Crippen molar-refractivity contribution in [1.29, 1.82) is 0 Å². The monoisotopic (exact) mass is 278 g/mol. The Hall–Kier alpha value is -1.96. The number of hydrogen-bond donors (Lipinski definition) is 0. The van der Waals surface area contributed by atoms with E-state index in [1.54, 1.807) is 0 Å². The number of hydrogen-bond acceptors (Lipinski definition) is 2. The maximum Gasteiger partial charge on any atom is 0.0995 e. The lowest BCUT2D eigenvalue weighted by Crippen LogP contribution is -2.66. The summed E-state index contributed by atoms with van der Waals surface area (Å²) in [7, 11) is 0. The molecule has 2 nitrogen and oxygen atoms in total. The third-order valence-corrected chi connectivity index (χ3v) is 5.36. The van der Waals surface area contributed by atoms with Crippen LogP contribution in [0.5, 0.6) is 0 Å². The maximum absolute atomic E-state index is 2.62. The van der Waals surface area contributed by atoms with Gasteiger partial charge in [0.1, 0.15) is 0 Å². The molecule has 0 amide bonds. The fraction of sp³-hybridized carbons (Fsp3) is 0.368. The quantitative estimate of drug-likeness (QED) is 0.768. The normalized spacial score (nSPS) is 26.9. The number of aryl methyl sites for hydroxylation is 1. The minimum Gasteiger partial charge on any atom is -0.351 e. The first-order chi connectivity index (χ1) is 10.1. The highest BCUT2D eigenvalue weighted by molar-refractivity contribution is 5.70. The number of nitrogens with zero attached hydrogens (tertiary/aromatic N) is 2. The predicted octanol–water partition coefficient (Wildman–Crippen LogP) is 4.29. The number of benzene rings is 2. The molecule has 0 radical (unpaired) electrons. The van der Waals surface area contributed by atoms with Crippen LogP contribution in [0.2, 0.25) is 0 Å². The Kier molecular flexibility index (Phi) is 2.59. The largest absolute Gasteiger partial charge is 0.351 e. The first kappa shape index (κ1) is 12.8. The maximum atomic E-state index is 2.62. The molecule has 1 saturated heterocycles. The van der Waals surface area contributed by atoms with E-state index >= 15 is 0 Å². The molecule has 2 unspecified atom stereocenters. The molecule has 5 rings (SSSR count). The Balaban J connectivity index is 1.94. The summed E-state index contributed by atoms with van der Waals surface area (Å²) in [5.41, 5.74) is 5.71. The van der Waals surface area contributed by atoms with Crippen molar-refractivity contribution in [3.05, 3.63) is 59.7 Å². The molecule has 2 aromatic carbocycles. The number of para-hydroxylation sites is 2. The Morgan fingerprint density at radius 3 is 2.43 bits per heavy atom. The predicted molar refractivity (Wildman–Crippen MR) is 88.9 cm³/mol. The van der Waals surface area contributed by atoms with Gasteiger partial charge in [0, 0.05) is 23.5 Å². The van der Waals surface area contributed by atoms with Gasteiger partial charge >= 0.3 is 0 Å². The zero-order chi connectivity index (χ0) is 14.6. The summed E-state index contributed by atoms with van der Waals surface area (Å²) < 4.78 is 0. The Labute approximate surface area is 127 Å². The highest BCUT2D eigenvalue weighted by atomic mass is 15.4. The second kappa shape index (κ2) is 4.27. The zero-order valence-corrected chi connectivity index (χ0v) is 13.0. The van der Waals surface area contributed by atoms with Crippen molar-refractivity contribution in [2.75, 3.05) is 16.3 Å². The summed E-state index contributed by atoms with van der Waals surface area (Å²) in [5.74, 6) is 0. The molecule has 2 bridgehead atoms. The van der Waals surface area contributed by atoms with Crippen LogP contribution in [-0.4, -0.2) is 12.7 Å². The summed E-state index contributed by atoms with van der Waals surface area (Å²) >= 11 is 0. The minimum atomic E-state index is 0.0941. The van der Waals surface area contributed by atoms with Crippen molar-refractivity contribution in [2.45, 2.75) is 38.9 Å². The molecule has 0 aliphatic carbocycles. The molecule has 0 saturated carbocycles. The molecule has 2 atom stereocenters. The van der Waals surface area contributed by atoms with Crippen LogP contribution in [0.25, 0.3) is 0 Å². The Bertz CT molecular complexity index is 693. The second-order valence-electron chi connectivity index (χ2n) is 6.52. The Morgan fingerprint density at radius 2 is 1.67 bits per heavy atom. The fourth-order valence-electron chi connectivity index (χ4n) is 4.26. The topological polar surface area (TPSA) is 6.48 Å². The average Bonchev–Trinajstić information content (AvgIpc) is 2.49. The van der Waals surface area contributed by atoms with Gasteiger partial charge in [-0.05, 0) is 44.9 Å². The van der Waals surface area contributed by atoms with Crippen LogP contribution in [0.4, 0.5) is 11.4 Å². The minimum absolute atomic E-state index is 0.0941. The standard InChI is InChI=1S/C19H22N2/c1-14-8-4-6-10-17(14)21-15(2)20-13-12-19(21,3)16-9-5-7-11-18(16)20/h4-11,15H,12-13H2,1-3H3. The van der Waals surface area contributed by atoms with Gasteiger partial charge in [-0.15, -0.1) is 0 Å². The van der Waals surface area contributed by atoms with Crippen molar-refractivity contribution in [2.24, 2.45) is 0 Å². The van der Waals surface area contributed by atoms with Crippen molar-refractivity contribution >= 4 is 11.4 Å². The second-order valence-corrected chi connectivity index (χ2v) is 6.52. The van der Waals surface area contributed by atoms with E-state index in [4.69, 9.17) is 0 Å². The van der Waals surface area contributed by atoms with Crippen molar-refractivity contribution in [3.63, 3.8) is 0 Å². The van der Waals surface area contributed by atoms with E-state index in [9.17, 15) is 0 Å². The lowest BCUT2D eigenvalue weighted by Gasteiger charge is -2.61. The van der Waals surface area contributed by atoms with Crippen LogP contribution in [0.3, 0.4) is 0 Å².